The van der Waals surface area contributed by atoms with Gasteiger partial charge in [0.1, 0.15) is 0 Å². The predicted molar refractivity (Wildman–Crippen MR) is 85.4 cm³/mol. The highest BCUT2D eigenvalue weighted by Crippen LogP contribution is 2.23. The molecule has 0 aromatic rings. The lowest BCUT2D eigenvalue weighted by Crippen LogP contribution is -2.40. The van der Waals surface area contributed by atoms with E-state index in [1.807, 2.05) is 20.9 Å². The SMILES string of the molecule is CN[C@H](/C=C(\C)C(=O)NS(=O)(=O)C1CCCCC1)C(C)C. The third-order valence-corrected chi connectivity index (χ3v) is 5.88. The average Bonchev–Trinajstić information content (AvgIpc) is 2.44. The van der Waals surface area contributed by atoms with Crippen LogP contribution in [0.15, 0.2) is 11.6 Å². The summed E-state index contributed by atoms with van der Waals surface area (Å²) in [5.41, 5.74) is 0.433. The zero-order chi connectivity index (χ0) is 16.0. The summed E-state index contributed by atoms with van der Waals surface area (Å²) in [6.45, 7) is 5.74. The molecule has 1 amide bonds. The van der Waals surface area contributed by atoms with Crippen LogP contribution in [0.2, 0.25) is 0 Å². The van der Waals surface area contributed by atoms with Crippen LogP contribution in [0.25, 0.3) is 0 Å². The van der Waals surface area contributed by atoms with Crippen molar-refractivity contribution in [2.75, 3.05) is 7.05 Å². The lowest BCUT2D eigenvalue weighted by molar-refractivity contribution is -0.115. The monoisotopic (exact) mass is 316 g/mol. The lowest BCUT2D eigenvalue weighted by Gasteiger charge is -2.22. The topological polar surface area (TPSA) is 75.3 Å². The fourth-order valence-corrected chi connectivity index (χ4v) is 4.16. The second-order valence-electron chi connectivity index (χ2n) is 6.14. The van der Waals surface area contributed by atoms with E-state index in [4.69, 9.17) is 0 Å². The van der Waals surface area contributed by atoms with Crippen LogP contribution >= 0.6 is 0 Å². The fraction of sp³-hybridized carbons (Fsp3) is 0.800. The Labute approximate surface area is 128 Å². The number of rotatable bonds is 6. The Morgan fingerprint density at radius 3 is 2.24 bits per heavy atom. The molecule has 1 saturated carbocycles. The number of carbonyl (C=O) groups excluding carboxylic acids is 1. The van der Waals surface area contributed by atoms with Gasteiger partial charge >= 0.3 is 0 Å². The molecule has 1 fully saturated rings. The van der Waals surface area contributed by atoms with E-state index < -0.39 is 21.2 Å². The molecular formula is C15H28N2O3S. The summed E-state index contributed by atoms with van der Waals surface area (Å²) < 4.78 is 26.7. The van der Waals surface area contributed by atoms with Gasteiger partial charge in [0.2, 0.25) is 10.0 Å². The largest absolute Gasteiger partial charge is 0.313 e. The fourth-order valence-electron chi connectivity index (χ4n) is 2.62. The molecule has 1 aliphatic carbocycles. The van der Waals surface area contributed by atoms with Crippen molar-refractivity contribution in [2.45, 2.75) is 64.2 Å². The molecule has 0 spiro atoms. The van der Waals surface area contributed by atoms with Crippen LogP contribution in [-0.2, 0) is 14.8 Å². The maximum atomic E-state index is 12.2. The summed E-state index contributed by atoms with van der Waals surface area (Å²) in [4.78, 5) is 12.1. The zero-order valence-corrected chi connectivity index (χ0v) is 14.3. The minimum Gasteiger partial charge on any atom is -0.313 e. The lowest BCUT2D eigenvalue weighted by atomic mass is 10.0. The first kappa shape index (κ1) is 18.2. The van der Waals surface area contributed by atoms with Gasteiger partial charge in [0.25, 0.3) is 5.91 Å². The molecule has 0 aromatic carbocycles. The standard InChI is InChI=1S/C15H28N2O3S/c1-11(2)14(16-4)10-12(3)15(18)17-21(19,20)13-8-6-5-7-9-13/h10-11,13-14,16H,5-9H2,1-4H3,(H,17,18)/b12-10+/t14-/m1/s1. The Balaban J connectivity index is 2.72. The average molecular weight is 316 g/mol. The maximum absolute atomic E-state index is 12.2. The quantitative estimate of drug-likeness (QED) is 0.735. The van der Waals surface area contributed by atoms with Crippen LogP contribution in [0.4, 0.5) is 0 Å². The Kier molecular flexibility index (Phi) is 6.87. The molecule has 0 aromatic heterocycles. The first-order chi connectivity index (χ1) is 9.77. The van der Waals surface area contributed by atoms with Crippen molar-refractivity contribution < 1.29 is 13.2 Å². The minimum absolute atomic E-state index is 0.0492. The number of carbonyl (C=O) groups is 1. The van der Waals surface area contributed by atoms with Crippen molar-refractivity contribution in [1.29, 1.82) is 0 Å². The highest BCUT2D eigenvalue weighted by molar-refractivity contribution is 7.90. The maximum Gasteiger partial charge on any atom is 0.260 e. The van der Waals surface area contributed by atoms with Gasteiger partial charge in [-0.15, -0.1) is 0 Å². The molecular weight excluding hydrogens is 288 g/mol. The van der Waals surface area contributed by atoms with Gasteiger partial charge in [-0.25, -0.2) is 13.1 Å². The molecule has 1 atom stereocenters. The number of nitrogens with one attached hydrogen (secondary N) is 2. The Morgan fingerprint density at radius 2 is 1.76 bits per heavy atom. The van der Waals surface area contributed by atoms with Crippen LogP contribution < -0.4 is 10.0 Å². The van der Waals surface area contributed by atoms with Gasteiger partial charge in [0.15, 0.2) is 0 Å². The third kappa shape index (κ3) is 5.43. The highest BCUT2D eigenvalue weighted by Gasteiger charge is 2.29. The van der Waals surface area contributed by atoms with Gasteiger partial charge in [-0.1, -0.05) is 39.2 Å². The van der Waals surface area contributed by atoms with Crippen molar-refractivity contribution in [3.8, 4) is 0 Å². The molecule has 0 aliphatic heterocycles. The summed E-state index contributed by atoms with van der Waals surface area (Å²) in [5, 5.41) is 2.68. The molecule has 0 bridgehead atoms. The van der Waals surface area contributed by atoms with E-state index >= 15 is 0 Å². The van der Waals surface area contributed by atoms with Crippen molar-refractivity contribution in [1.82, 2.24) is 10.0 Å². The van der Waals surface area contributed by atoms with E-state index in [1.54, 1.807) is 13.0 Å². The molecule has 6 heteroatoms. The van der Waals surface area contributed by atoms with E-state index in [1.165, 1.54) is 0 Å². The number of hydrogen-bond donors (Lipinski definition) is 2. The van der Waals surface area contributed by atoms with E-state index in [-0.39, 0.29) is 6.04 Å². The van der Waals surface area contributed by atoms with Gasteiger partial charge < -0.3 is 5.32 Å². The normalized spacial score (nSPS) is 19.6. The molecule has 2 N–H and O–H groups in total. The molecule has 0 radical (unpaired) electrons. The molecule has 1 aliphatic rings. The van der Waals surface area contributed by atoms with Crippen LogP contribution in [0.3, 0.4) is 0 Å². The van der Waals surface area contributed by atoms with Crippen LogP contribution in [0.1, 0.15) is 52.9 Å². The third-order valence-electron chi connectivity index (χ3n) is 4.07. The zero-order valence-electron chi connectivity index (χ0n) is 13.5. The molecule has 122 valence electrons. The Morgan fingerprint density at radius 1 is 1.19 bits per heavy atom. The molecule has 0 saturated heterocycles. The van der Waals surface area contributed by atoms with Crippen LogP contribution in [-0.4, -0.2) is 32.7 Å². The van der Waals surface area contributed by atoms with Crippen molar-refractivity contribution >= 4 is 15.9 Å². The van der Waals surface area contributed by atoms with E-state index in [2.05, 4.69) is 10.0 Å². The van der Waals surface area contributed by atoms with Crippen molar-refractivity contribution in [2.24, 2.45) is 5.92 Å². The summed E-state index contributed by atoms with van der Waals surface area (Å²) in [5.74, 6) is -0.186. The van der Waals surface area contributed by atoms with Crippen LogP contribution in [0, 0.1) is 5.92 Å². The molecule has 0 heterocycles. The minimum atomic E-state index is -3.55. The van der Waals surface area contributed by atoms with Crippen molar-refractivity contribution in [3.63, 3.8) is 0 Å². The first-order valence-electron chi connectivity index (χ1n) is 7.69. The number of amides is 1. The van der Waals surface area contributed by atoms with E-state index in [0.29, 0.717) is 24.3 Å². The second-order valence-corrected chi connectivity index (χ2v) is 8.11. The van der Waals surface area contributed by atoms with E-state index in [0.717, 1.165) is 19.3 Å². The van der Waals surface area contributed by atoms with Gasteiger partial charge in [-0.2, -0.15) is 0 Å². The molecule has 1 rings (SSSR count). The predicted octanol–water partition coefficient (Wildman–Crippen LogP) is 1.96. The van der Waals surface area contributed by atoms with Crippen molar-refractivity contribution in [3.05, 3.63) is 11.6 Å². The highest BCUT2D eigenvalue weighted by atomic mass is 32.2. The van der Waals surface area contributed by atoms with Gasteiger partial charge in [0.05, 0.1) is 5.25 Å². The Bertz CT molecular complexity index is 477. The number of likely N-dealkylation sites (N-methyl/N-ethyl adjacent to an activating group) is 1. The Hall–Kier alpha value is -0.880. The summed E-state index contributed by atoms with van der Waals surface area (Å²) >= 11 is 0. The number of sulfonamides is 1. The van der Waals surface area contributed by atoms with Gasteiger partial charge in [-0.3, -0.25) is 4.79 Å². The summed E-state index contributed by atoms with van der Waals surface area (Å²) in [6, 6.07) is 0.0492. The van der Waals surface area contributed by atoms with Gasteiger partial charge in [0, 0.05) is 11.6 Å². The smallest absolute Gasteiger partial charge is 0.260 e. The number of hydrogen-bond acceptors (Lipinski definition) is 4. The molecule has 21 heavy (non-hydrogen) atoms. The molecule has 5 nitrogen and oxygen atoms in total. The van der Waals surface area contributed by atoms with Crippen LogP contribution in [0.5, 0.6) is 0 Å². The summed E-state index contributed by atoms with van der Waals surface area (Å²) in [6.07, 6.45) is 6.01. The first-order valence-corrected chi connectivity index (χ1v) is 9.24. The van der Waals surface area contributed by atoms with E-state index in [9.17, 15) is 13.2 Å². The molecule has 0 unspecified atom stereocenters. The second kappa shape index (κ2) is 7.94. The van der Waals surface area contributed by atoms with Gasteiger partial charge in [-0.05, 0) is 32.7 Å². The summed E-state index contributed by atoms with van der Waals surface area (Å²) in [7, 11) is -1.73.